The molecule has 1 heterocycles. The van der Waals surface area contributed by atoms with Gasteiger partial charge in [0.1, 0.15) is 6.79 Å². The molecular weight excluding hydrogens is 352 g/mol. The van der Waals surface area contributed by atoms with Gasteiger partial charge in [0.15, 0.2) is 0 Å². The van der Waals surface area contributed by atoms with Gasteiger partial charge in [-0.15, -0.1) is 0 Å². The monoisotopic (exact) mass is 366 g/mol. The SMILES string of the molecule is Clc1ccccc1C[C@@H]1COCO[C@H]1c1ccccc1Br. The molecule has 110 valence electrons. The summed E-state index contributed by atoms with van der Waals surface area (Å²) >= 11 is 9.89. The van der Waals surface area contributed by atoms with E-state index in [1.165, 1.54) is 0 Å². The van der Waals surface area contributed by atoms with Gasteiger partial charge >= 0.3 is 0 Å². The van der Waals surface area contributed by atoms with Crippen LogP contribution >= 0.6 is 27.5 Å². The van der Waals surface area contributed by atoms with E-state index >= 15 is 0 Å². The summed E-state index contributed by atoms with van der Waals surface area (Å²) in [5, 5.41) is 0.800. The molecule has 1 saturated heterocycles. The summed E-state index contributed by atoms with van der Waals surface area (Å²) in [5.74, 6) is 0.248. The molecular formula is C17H16BrClO2. The molecule has 2 nitrogen and oxygen atoms in total. The van der Waals surface area contributed by atoms with E-state index in [0.717, 1.165) is 27.0 Å². The minimum Gasteiger partial charge on any atom is -0.355 e. The van der Waals surface area contributed by atoms with Gasteiger partial charge in [0, 0.05) is 15.4 Å². The molecule has 0 radical (unpaired) electrons. The van der Waals surface area contributed by atoms with Crippen LogP contribution in [-0.2, 0) is 15.9 Å². The van der Waals surface area contributed by atoms with E-state index in [1.54, 1.807) is 0 Å². The third-order valence-corrected chi connectivity index (χ3v) is 4.83. The summed E-state index contributed by atoms with van der Waals surface area (Å²) < 4.78 is 12.4. The molecule has 0 aromatic heterocycles. The Balaban J connectivity index is 1.85. The normalized spacial score (nSPS) is 22.2. The van der Waals surface area contributed by atoms with E-state index < -0.39 is 0 Å². The van der Waals surface area contributed by atoms with Gasteiger partial charge in [-0.05, 0) is 29.7 Å². The fourth-order valence-corrected chi connectivity index (χ4v) is 3.43. The Labute approximate surface area is 138 Å². The van der Waals surface area contributed by atoms with Crippen molar-refractivity contribution >= 4 is 27.5 Å². The molecule has 0 N–H and O–H groups in total. The van der Waals surface area contributed by atoms with Gasteiger partial charge in [-0.2, -0.15) is 0 Å². The minimum atomic E-state index is 0.0191. The van der Waals surface area contributed by atoms with Crippen molar-refractivity contribution in [2.24, 2.45) is 5.92 Å². The zero-order chi connectivity index (χ0) is 14.7. The summed E-state index contributed by atoms with van der Waals surface area (Å²) in [4.78, 5) is 0. The third-order valence-electron chi connectivity index (χ3n) is 3.74. The van der Waals surface area contributed by atoms with E-state index in [1.807, 2.05) is 36.4 Å². The zero-order valence-electron chi connectivity index (χ0n) is 11.5. The van der Waals surface area contributed by atoms with Gasteiger partial charge in [0.25, 0.3) is 0 Å². The van der Waals surface area contributed by atoms with Gasteiger partial charge in [-0.25, -0.2) is 0 Å². The van der Waals surface area contributed by atoms with Crippen molar-refractivity contribution in [3.8, 4) is 0 Å². The van der Waals surface area contributed by atoms with Crippen LogP contribution in [-0.4, -0.2) is 13.4 Å². The predicted octanol–water partition coefficient (Wildman–Crippen LogP) is 5.01. The van der Waals surface area contributed by atoms with Crippen molar-refractivity contribution in [3.63, 3.8) is 0 Å². The number of benzene rings is 2. The minimum absolute atomic E-state index is 0.0191. The van der Waals surface area contributed by atoms with Crippen molar-refractivity contribution in [2.45, 2.75) is 12.5 Å². The van der Waals surface area contributed by atoms with Gasteiger partial charge in [-0.1, -0.05) is 63.9 Å². The van der Waals surface area contributed by atoms with Crippen molar-refractivity contribution in [2.75, 3.05) is 13.4 Å². The molecule has 1 aliphatic rings. The Kier molecular flexibility index (Phi) is 4.96. The lowest BCUT2D eigenvalue weighted by atomic mass is 9.90. The Bertz CT molecular complexity index is 617. The summed E-state index contributed by atoms with van der Waals surface area (Å²) in [7, 11) is 0. The lowest BCUT2D eigenvalue weighted by molar-refractivity contribution is -0.172. The molecule has 2 aromatic carbocycles. The number of rotatable bonds is 3. The molecule has 21 heavy (non-hydrogen) atoms. The highest BCUT2D eigenvalue weighted by atomic mass is 79.9. The summed E-state index contributed by atoms with van der Waals surface area (Å²) in [6.45, 7) is 1.02. The molecule has 1 fully saturated rings. The van der Waals surface area contributed by atoms with Crippen molar-refractivity contribution < 1.29 is 9.47 Å². The van der Waals surface area contributed by atoms with E-state index in [4.69, 9.17) is 21.1 Å². The molecule has 1 aliphatic heterocycles. The van der Waals surface area contributed by atoms with Crippen LogP contribution in [0.5, 0.6) is 0 Å². The van der Waals surface area contributed by atoms with Crippen LogP contribution < -0.4 is 0 Å². The van der Waals surface area contributed by atoms with Gasteiger partial charge in [0.05, 0.1) is 12.7 Å². The highest BCUT2D eigenvalue weighted by molar-refractivity contribution is 9.10. The first kappa shape index (κ1) is 15.0. The lowest BCUT2D eigenvalue weighted by Crippen LogP contribution is -2.30. The molecule has 2 atom stereocenters. The number of hydrogen-bond donors (Lipinski definition) is 0. The predicted molar refractivity (Wildman–Crippen MR) is 87.4 cm³/mol. The number of hydrogen-bond acceptors (Lipinski definition) is 2. The maximum Gasteiger partial charge on any atom is 0.147 e. The highest BCUT2D eigenvalue weighted by Crippen LogP contribution is 2.36. The maximum atomic E-state index is 6.28. The van der Waals surface area contributed by atoms with E-state index in [2.05, 4.69) is 28.1 Å². The average molecular weight is 368 g/mol. The Morgan fingerprint density at radius 2 is 1.86 bits per heavy atom. The van der Waals surface area contributed by atoms with Crippen molar-refractivity contribution in [3.05, 3.63) is 69.2 Å². The van der Waals surface area contributed by atoms with E-state index in [0.29, 0.717) is 13.4 Å². The molecule has 0 amide bonds. The molecule has 2 aromatic rings. The van der Waals surface area contributed by atoms with Gasteiger partial charge in [0.2, 0.25) is 0 Å². The van der Waals surface area contributed by atoms with E-state index in [9.17, 15) is 0 Å². The average Bonchev–Trinajstić information content (AvgIpc) is 2.51. The second-order valence-electron chi connectivity index (χ2n) is 5.15. The second-order valence-corrected chi connectivity index (χ2v) is 6.41. The molecule has 0 aliphatic carbocycles. The number of halogens is 2. The topological polar surface area (TPSA) is 18.5 Å². The first-order chi connectivity index (χ1) is 10.3. The van der Waals surface area contributed by atoms with Crippen LogP contribution in [0.15, 0.2) is 53.0 Å². The van der Waals surface area contributed by atoms with Crippen LogP contribution in [0.2, 0.25) is 5.02 Å². The van der Waals surface area contributed by atoms with Gasteiger partial charge < -0.3 is 9.47 Å². The lowest BCUT2D eigenvalue weighted by Gasteiger charge is -2.32. The van der Waals surface area contributed by atoms with Crippen molar-refractivity contribution in [1.29, 1.82) is 0 Å². The zero-order valence-corrected chi connectivity index (χ0v) is 13.8. The first-order valence-corrected chi connectivity index (χ1v) is 8.10. The Morgan fingerprint density at radius 3 is 2.67 bits per heavy atom. The van der Waals surface area contributed by atoms with Crippen LogP contribution in [0.25, 0.3) is 0 Å². The van der Waals surface area contributed by atoms with Gasteiger partial charge in [-0.3, -0.25) is 0 Å². The van der Waals surface area contributed by atoms with Crippen LogP contribution in [0.1, 0.15) is 17.2 Å². The van der Waals surface area contributed by atoms with Crippen LogP contribution in [0, 0.1) is 5.92 Å². The summed E-state index contributed by atoms with van der Waals surface area (Å²) in [6.07, 6.45) is 0.858. The maximum absolute atomic E-state index is 6.28. The fraction of sp³-hybridized carbons (Fsp3) is 0.294. The first-order valence-electron chi connectivity index (χ1n) is 6.93. The quantitative estimate of drug-likeness (QED) is 0.759. The van der Waals surface area contributed by atoms with E-state index in [-0.39, 0.29) is 12.0 Å². The molecule has 0 bridgehead atoms. The molecule has 3 rings (SSSR count). The van der Waals surface area contributed by atoms with Crippen LogP contribution in [0.3, 0.4) is 0 Å². The third kappa shape index (κ3) is 3.49. The fourth-order valence-electron chi connectivity index (χ4n) is 2.71. The Morgan fingerprint density at radius 1 is 1.10 bits per heavy atom. The largest absolute Gasteiger partial charge is 0.355 e. The smallest absolute Gasteiger partial charge is 0.147 e. The summed E-state index contributed by atoms with van der Waals surface area (Å²) in [5.41, 5.74) is 2.30. The number of ether oxygens (including phenoxy) is 2. The highest BCUT2D eigenvalue weighted by Gasteiger charge is 2.30. The van der Waals surface area contributed by atoms with Crippen molar-refractivity contribution in [1.82, 2.24) is 0 Å². The van der Waals surface area contributed by atoms with Crippen LogP contribution in [0.4, 0.5) is 0 Å². The molecule has 0 unspecified atom stereocenters. The standard InChI is InChI=1S/C17H16BrClO2/c18-15-7-3-2-6-14(15)17-13(10-20-11-21-17)9-12-5-1-4-8-16(12)19/h1-8,13,17H,9-11H2/t13-,17-/m1/s1. The Hall–Kier alpha value is -0.870. The molecule has 0 spiro atoms. The second kappa shape index (κ2) is 6.93. The summed E-state index contributed by atoms with van der Waals surface area (Å²) in [6, 6.07) is 16.1. The molecule has 4 heteroatoms. The molecule has 0 saturated carbocycles.